The van der Waals surface area contributed by atoms with Crippen molar-refractivity contribution in [3.05, 3.63) is 29.8 Å². The van der Waals surface area contributed by atoms with Crippen LogP contribution in [0.2, 0.25) is 0 Å². The summed E-state index contributed by atoms with van der Waals surface area (Å²) in [6.45, 7) is 7.14. The second-order valence-electron chi connectivity index (χ2n) is 6.29. The van der Waals surface area contributed by atoms with E-state index in [1.807, 2.05) is 0 Å². The van der Waals surface area contributed by atoms with E-state index in [0.717, 1.165) is 24.5 Å². The molecule has 1 saturated heterocycles. The number of nitrogens with one attached hydrogen (secondary N) is 1. The van der Waals surface area contributed by atoms with Gasteiger partial charge >= 0.3 is 0 Å². The molecule has 2 aliphatic heterocycles. The largest absolute Gasteiger partial charge is 0.384 e. The molecule has 1 N–H and O–H groups in total. The average molecular weight is 258 g/mol. The lowest BCUT2D eigenvalue weighted by Gasteiger charge is -2.34. The van der Waals surface area contributed by atoms with Crippen LogP contribution in [0.15, 0.2) is 24.3 Å². The highest BCUT2D eigenvalue weighted by molar-refractivity contribution is 5.53. The monoisotopic (exact) mass is 258 g/mol. The number of benzene rings is 1. The maximum atomic E-state index is 3.61. The summed E-state index contributed by atoms with van der Waals surface area (Å²) in [5, 5.41) is 3.61. The minimum Gasteiger partial charge on any atom is -0.384 e. The molecule has 2 aliphatic rings. The Morgan fingerprint density at radius 1 is 1.26 bits per heavy atom. The number of fused-ring (bicyclic) bond motifs is 1. The lowest BCUT2D eigenvalue weighted by molar-refractivity contribution is 0.168. The molecule has 2 heteroatoms. The molecule has 0 spiro atoms. The van der Waals surface area contributed by atoms with Gasteiger partial charge in [-0.2, -0.15) is 0 Å². The van der Waals surface area contributed by atoms with Crippen LogP contribution in [0.5, 0.6) is 0 Å². The van der Waals surface area contributed by atoms with Crippen molar-refractivity contribution in [2.24, 2.45) is 5.92 Å². The standard InChI is InChI=1S/C17H26N2/c1-3-16-9-8-13(2)19(16)12-14-10-15-6-4-5-7-17(15)18-11-14/h4-7,13-14,16,18H,3,8-12H2,1-2H3. The zero-order valence-corrected chi connectivity index (χ0v) is 12.2. The first-order valence-electron chi connectivity index (χ1n) is 7.85. The molecule has 1 aromatic rings. The molecule has 3 unspecified atom stereocenters. The zero-order valence-electron chi connectivity index (χ0n) is 12.2. The quantitative estimate of drug-likeness (QED) is 0.892. The van der Waals surface area contributed by atoms with Crippen LogP contribution in [0.1, 0.15) is 38.7 Å². The average Bonchev–Trinajstić information content (AvgIpc) is 2.79. The van der Waals surface area contributed by atoms with E-state index in [0.29, 0.717) is 0 Å². The molecule has 104 valence electrons. The number of hydrogen-bond donors (Lipinski definition) is 1. The van der Waals surface area contributed by atoms with E-state index in [9.17, 15) is 0 Å². The molecule has 0 bridgehead atoms. The molecular weight excluding hydrogens is 232 g/mol. The van der Waals surface area contributed by atoms with Crippen LogP contribution >= 0.6 is 0 Å². The van der Waals surface area contributed by atoms with Crippen molar-refractivity contribution in [2.75, 3.05) is 18.4 Å². The van der Waals surface area contributed by atoms with E-state index >= 15 is 0 Å². The van der Waals surface area contributed by atoms with Crippen molar-refractivity contribution < 1.29 is 0 Å². The summed E-state index contributed by atoms with van der Waals surface area (Å²) in [6.07, 6.45) is 5.33. The molecule has 1 fully saturated rings. The van der Waals surface area contributed by atoms with Gasteiger partial charge < -0.3 is 5.32 Å². The minimum absolute atomic E-state index is 0.768. The molecule has 2 heterocycles. The van der Waals surface area contributed by atoms with Crippen LogP contribution in [0.3, 0.4) is 0 Å². The third-order valence-electron chi connectivity index (χ3n) is 5.00. The fraction of sp³-hybridized carbons (Fsp3) is 0.647. The first-order valence-corrected chi connectivity index (χ1v) is 7.85. The van der Waals surface area contributed by atoms with E-state index in [1.165, 1.54) is 43.5 Å². The lowest BCUT2D eigenvalue weighted by Crippen LogP contribution is -2.41. The molecular formula is C17H26N2. The van der Waals surface area contributed by atoms with Crippen molar-refractivity contribution >= 4 is 5.69 Å². The Balaban J connectivity index is 1.65. The van der Waals surface area contributed by atoms with Crippen LogP contribution < -0.4 is 5.32 Å². The first-order chi connectivity index (χ1) is 9.28. The topological polar surface area (TPSA) is 15.3 Å². The second-order valence-corrected chi connectivity index (χ2v) is 6.29. The van der Waals surface area contributed by atoms with E-state index in [-0.39, 0.29) is 0 Å². The van der Waals surface area contributed by atoms with Gasteiger partial charge in [-0.15, -0.1) is 0 Å². The predicted molar refractivity (Wildman–Crippen MR) is 81.6 cm³/mol. The van der Waals surface area contributed by atoms with E-state index in [4.69, 9.17) is 0 Å². The maximum absolute atomic E-state index is 3.61. The van der Waals surface area contributed by atoms with Gasteiger partial charge in [0.05, 0.1) is 0 Å². The first kappa shape index (κ1) is 13.0. The van der Waals surface area contributed by atoms with Gasteiger partial charge in [0.15, 0.2) is 0 Å². The van der Waals surface area contributed by atoms with Gasteiger partial charge in [-0.3, -0.25) is 4.90 Å². The van der Waals surface area contributed by atoms with Gasteiger partial charge in [0.25, 0.3) is 0 Å². The Morgan fingerprint density at radius 2 is 2.11 bits per heavy atom. The number of anilines is 1. The molecule has 0 radical (unpaired) electrons. The highest BCUT2D eigenvalue weighted by Gasteiger charge is 2.31. The fourth-order valence-electron chi connectivity index (χ4n) is 3.83. The maximum Gasteiger partial charge on any atom is 0.0372 e. The Hall–Kier alpha value is -1.02. The summed E-state index contributed by atoms with van der Waals surface area (Å²) in [7, 11) is 0. The molecule has 0 amide bonds. The SMILES string of the molecule is CCC1CCC(C)N1CC1CNc2ccccc2C1. The molecule has 1 aromatic carbocycles. The number of likely N-dealkylation sites (tertiary alicyclic amines) is 1. The Morgan fingerprint density at radius 3 is 2.95 bits per heavy atom. The van der Waals surface area contributed by atoms with Gasteiger partial charge in [-0.1, -0.05) is 25.1 Å². The molecule has 3 rings (SSSR count). The zero-order chi connectivity index (χ0) is 13.2. The number of para-hydroxylation sites is 1. The summed E-state index contributed by atoms with van der Waals surface area (Å²) in [5.41, 5.74) is 2.85. The highest BCUT2D eigenvalue weighted by Crippen LogP contribution is 2.30. The van der Waals surface area contributed by atoms with Crippen LogP contribution in [-0.2, 0) is 6.42 Å². The molecule has 3 atom stereocenters. The number of hydrogen-bond acceptors (Lipinski definition) is 2. The summed E-state index contributed by atoms with van der Waals surface area (Å²) in [5.74, 6) is 0.768. The van der Waals surface area contributed by atoms with Gasteiger partial charge in [0.1, 0.15) is 0 Å². The molecule has 0 saturated carbocycles. The lowest BCUT2D eigenvalue weighted by atomic mass is 9.93. The van der Waals surface area contributed by atoms with Crippen molar-refractivity contribution in [3.63, 3.8) is 0 Å². The summed E-state index contributed by atoms with van der Waals surface area (Å²) >= 11 is 0. The molecule has 19 heavy (non-hydrogen) atoms. The van der Waals surface area contributed by atoms with Crippen LogP contribution in [0.25, 0.3) is 0 Å². The number of rotatable bonds is 3. The molecule has 0 aliphatic carbocycles. The van der Waals surface area contributed by atoms with Crippen LogP contribution in [-0.4, -0.2) is 30.1 Å². The molecule has 2 nitrogen and oxygen atoms in total. The van der Waals surface area contributed by atoms with Gasteiger partial charge in [-0.25, -0.2) is 0 Å². The van der Waals surface area contributed by atoms with Gasteiger partial charge in [-0.05, 0) is 50.2 Å². The fourth-order valence-corrected chi connectivity index (χ4v) is 3.83. The Labute approximate surface area is 117 Å². The predicted octanol–water partition coefficient (Wildman–Crippen LogP) is 3.53. The van der Waals surface area contributed by atoms with Crippen molar-refractivity contribution in [1.82, 2.24) is 4.90 Å². The minimum atomic E-state index is 0.768. The smallest absolute Gasteiger partial charge is 0.0372 e. The summed E-state index contributed by atoms with van der Waals surface area (Å²) in [4.78, 5) is 2.76. The van der Waals surface area contributed by atoms with Gasteiger partial charge in [0.2, 0.25) is 0 Å². The van der Waals surface area contributed by atoms with Crippen LogP contribution in [0, 0.1) is 5.92 Å². The van der Waals surface area contributed by atoms with E-state index < -0.39 is 0 Å². The van der Waals surface area contributed by atoms with E-state index in [1.54, 1.807) is 0 Å². The highest BCUT2D eigenvalue weighted by atomic mass is 15.2. The third-order valence-corrected chi connectivity index (χ3v) is 5.00. The van der Waals surface area contributed by atoms with Gasteiger partial charge in [0, 0.05) is 30.9 Å². The summed E-state index contributed by atoms with van der Waals surface area (Å²) in [6, 6.07) is 10.4. The Bertz CT molecular complexity index is 429. The van der Waals surface area contributed by atoms with Crippen LogP contribution in [0.4, 0.5) is 5.69 Å². The third kappa shape index (κ3) is 2.64. The van der Waals surface area contributed by atoms with Crippen molar-refractivity contribution in [1.29, 1.82) is 0 Å². The normalized spacial score (nSPS) is 30.9. The number of nitrogens with zero attached hydrogens (tertiary/aromatic N) is 1. The van der Waals surface area contributed by atoms with E-state index in [2.05, 4.69) is 48.3 Å². The van der Waals surface area contributed by atoms with Crippen molar-refractivity contribution in [3.8, 4) is 0 Å². The molecule has 0 aromatic heterocycles. The Kier molecular flexibility index (Phi) is 3.79. The summed E-state index contributed by atoms with van der Waals surface area (Å²) < 4.78 is 0. The van der Waals surface area contributed by atoms with Crippen molar-refractivity contribution in [2.45, 2.75) is 51.6 Å². The second kappa shape index (κ2) is 5.54.